The monoisotopic (exact) mass is 219 g/mol. The molecule has 0 saturated carbocycles. The summed E-state index contributed by atoms with van der Waals surface area (Å²) < 4.78 is 0. The predicted octanol–water partition coefficient (Wildman–Crippen LogP) is 2.93. The molecular formula is C15H9NO. The third-order valence-electron chi connectivity index (χ3n) is 2.35. The van der Waals surface area contributed by atoms with Crippen LogP contribution in [-0.4, -0.2) is 5.11 Å². The number of phenols is 1. The third-order valence-corrected chi connectivity index (χ3v) is 2.35. The highest BCUT2D eigenvalue weighted by molar-refractivity contribution is 5.65. The van der Waals surface area contributed by atoms with Crippen molar-refractivity contribution in [2.24, 2.45) is 0 Å². The Labute approximate surface area is 99.8 Å². The normalized spacial score (nSPS) is 8.88. The molecule has 2 aromatic rings. The molecule has 0 unspecified atom stereocenters. The van der Waals surface area contributed by atoms with Crippen LogP contribution in [0, 0.1) is 23.2 Å². The number of nitriles is 1. The summed E-state index contributed by atoms with van der Waals surface area (Å²) in [4.78, 5) is 0. The molecule has 0 heterocycles. The van der Waals surface area contributed by atoms with Gasteiger partial charge in [-0.05, 0) is 35.4 Å². The van der Waals surface area contributed by atoms with E-state index in [1.807, 2.05) is 36.4 Å². The van der Waals surface area contributed by atoms with Crippen molar-refractivity contribution in [3.63, 3.8) is 0 Å². The Hall–Kier alpha value is -2.71. The molecule has 2 aromatic carbocycles. The summed E-state index contributed by atoms with van der Waals surface area (Å²) in [5.74, 6) is 5.34. The van der Waals surface area contributed by atoms with Crippen molar-refractivity contribution in [1.82, 2.24) is 0 Å². The predicted molar refractivity (Wildman–Crippen MR) is 66.0 cm³/mol. The first-order valence-corrected chi connectivity index (χ1v) is 5.09. The molecule has 0 spiro atoms. The Balaban J connectivity index is 2.30. The molecule has 2 nitrogen and oxygen atoms in total. The first-order chi connectivity index (χ1) is 8.29. The van der Waals surface area contributed by atoms with Crippen LogP contribution in [0.2, 0.25) is 0 Å². The number of aromatic hydroxyl groups is 1. The van der Waals surface area contributed by atoms with Gasteiger partial charge in [-0.3, -0.25) is 0 Å². The van der Waals surface area contributed by atoms with Crippen molar-refractivity contribution < 1.29 is 5.11 Å². The second kappa shape index (κ2) is 4.88. The number of phenolic OH excluding ortho intramolecular Hbond substituents is 1. The van der Waals surface area contributed by atoms with E-state index in [0.29, 0.717) is 0 Å². The van der Waals surface area contributed by atoms with Crippen LogP contribution in [0.4, 0.5) is 0 Å². The van der Waals surface area contributed by atoms with E-state index >= 15 is 0 Å². The van der Waals surface area contributed by atoms with E-state index in [2.05, 4.69) is 11.8 Å². The van der Waals surface area contributed by atoms with E-state index in [1.165, 1.54) is 0 Å². The number of nitrogens with zero attached hydrogens (tertiary/aromatic N) is 1. The van der Waals surface area contributed by atoms with Crippen LogP contribution in [-0.2, 0) is 0 Å². The first-order valence-electron chi connectivity index (χ1n) is 5.09. The maximum atomic E-state index is 9.20. The fourth-order valence-corrected chi connectivity index (χ4v) is 1.50. The maximum absolute atomic E-state index is 9.20. The van der Waals surface area contributed by atoms with Gasteiger partial charge in [0.05, 0.1) is 0 Å². The van der Waals surface area contributed by atoms with Gasteiger partial charge in [0, 0.05) is 11.5 Å². The van der Waals surface area contributed by atoms with Crippen LogP contribution in [0.1, 0.15) is 5.56 Å². The molecule has 0 atom stereocenters. The molecular weight excluding hydrogens is 210 g/mol. The molecule has 0 aliphatic heterocycles. The van der Waals surface area contributed by atoms with Gasteiger partial charge in [0.1, 0.15) is 5.75 Å². The van der Waals surface area contributed by atoms with Crippen LogP contribution in [0.3, 0.4) is 0 Å². The summed E-state index contributed by atoms with van der Waals surface area (Å²) in [6, 6.07) is 16.4. The standard InChI is InChI=1S/C15H9NO/c16-11-1-2-12-3-5-13(6-4-12)14-7-9-15(17)10-8-14/h3-10,17H. The van der Waals surface area contributed by atoms with Crippen molar-refractivity contribution in [3.05, 3.63) is 54.1 Å². The maximum Gasteiger partial charge on any atom is 0.152 e. The Morgan fingerprint density at radius 2 is 1.35 bits per heavy atom. The molecule has 0 radical (unpaired) electrons. The first kappa shape index (κ1) is 10.8. The van der Waals surface area contributed by atoms with Gasteiger partial charge in [-0.1, -0.05) is 30.2 Å². The van der Waals surface area contributed by atoms with Crippen LogP contribution < -0.4 is 0 Å². The third kappa shape index (κ3) is 2.65. The lowest BCUT2D eigenvalue weighted by molar-refractivity contribution is 0.475. The van der Waals surface area contributed by atoms with Gasteiger partial charge in [0.15, 0.2) is 6.07 Å². The van der Waals surface area contributed by atoms with E-state index in [4.69, 9.17) is 5.26 Å². The highest BCUT2D eigenvalue weighted by atomic mass is 16.3. The largest absolute Gasteiger partial charge is 0.508 e. The van der Waals surface area contributed by atoms with E-state index in [0.717, 1.165) is 16.7 Å². The number of hydrogen-bond acceptors (Lipinski definition) is 2. The molecule has 0 saturated heterocycles. The van der Waals surface area contributed by atoms with Crippen LogP contribution in [0.5, 0.6) is 5.75 Å². The van der Waals surface area contributed by atoms with Gasteiger partial charge in [-0.25, -0.2) is 0 Å². The number of hydrogen-bond donors (Lipinski definition) is 1. The zero-order valence-electron chi connectivity index (χ0n) is 9.01. The SMILES string of the molecule is N#CC#Cc1ccc(-c2ccc(O)cc2)cc1. The molecule has 0 bridgehead atoms. The average molecular weight is 219 g/mol. The quantitative estimate of drug-likeness (QED) is 0.749. The zero-order valence-corrected chi connectivity index (χ0v) is 9.01. The van der Waals surface area contributed by atoms with Gasteiger partial charge in [-0.15, -0.1) is 0 Å². The summed E-state index contributed by atoms with van der Waals surface area (Å²) in [7, 11) is 0. The van der Waals surface area contributed by atoms with Gasteiger partial charge in [0.2, 0.25) is 0 Å². The van der Waals surface area contributed by atoms with E-state index in [1.54, 1.807) is 18.2 Å². The highest BCUT2D eigenvalue weighted by Gasteiger charge is 1.97. The highest BCUT2D eigenvalue weighted by Crippen LogP contribution is 2.21. The summed E-state index contributed by atoms with van der Waals surface area (Å²) in [6.45, 7) is 0. The fourth-order valence-electron chi connectivity index (χ4n) is 1.50. The summed E-state index contributed by atoms with van der Waals surface area (Å²) in [6.07, 6.45) is 0. The lowest BCUT2D eigenvalue weighted by atomic mass is 10.0. The van der Waals surface area contributed by atoms with Gasteiger partial charge >= 0.3 is 0 Å². The Kier molecular flexibility index (Phi) is 3.10. The van der Waals surface area contributed by atoms with Gasteiger partial charge in [0.25, 0.3) is 0 Å². The molecule has 0 aromatic heterocycles. The van der Waals surface area contributed by atoms with E-state index in [-0.39, 0.29) is 5.75 Å². The average Bonchev–Trinajstić information content (AvgIpc) is 2.38. The van der Waals surface area contributed by atoms with Gasteiger partial charge < -0.3 is 5.11 Å². The van der Waals surface area contributed by atoms with Gasteiger partial charge in [-0.2, -0.15) is 5.26 Å². The molecule has 1 N–H and O–H groups in total. The van der Waals surface area contributed by atoms with Crippen molar-refractivity contribution in [3.8, 4) is 34.8 Å². The molecule has 80 valence electrons. The number of benzene rings is 2. The second-order valence-corrected chi connectivity index (χ2v) is 3.49. The minimum Gasteiger partial charge on any atom is -0.508 e. The molecule has 2 heteroatoms. The Bertz CT molecular complexity index is 607. The molecule has 0 aliphatic rings. The minimum atomic E-state index is 0.255. The van der Waals surface area contributed by atoms with Crippen molar-refractivity contribution in [2.45, 2.75) is 0 Å². The topological polar surface area (TPSA) is 44.0 Å². The summed E-state index contributed by atoms with van der Waals surface area (Å²) in [5.41, 5.74) is 2.89. The van der Waals surface area contributed by atoms with E-state index < -0.39 is 0 Å². The van der Waals surface area contributed by atoms with Crippen molar-refractivity contribution in [1.29, 1.82) is 5.26 Å². The van der Waals surface area contributed by atoms with E-state index in [9.17, 15) is 5.11 Å². The second-order valence-electron chi connectivity index (χ2n) is 3.49. The molecule has 17 heavy (non-hydrogen) atoms. The Morgan fingerprint density at radius 1 is 0.824 bits per heavy atom. The number of rotatable bonds is 1. The van der Waals surface area contributed by atoms with Crippen molar-refractivity contribution >= 4 is 0 Å². The fraction of sp³-hybridized carbons (Fsp3) is 0. The van der Waals surface area contributed by atoms with Crippen LogP contribution >= 0.6 is 0 Å². The van der Waals surface area contributed by atoms with Crippen molar-refractivity contribution in [2.75, 3.05) is 0 Å². The summed E-state index contributed by atoms with van der Waals surface area (Å²) >= 11 is 0. The Morgan fingerprint density at radius 3 is 1.88 bits per heavy atom. The molecule has 0 fully saturated rings. The zero-order chi connectivity index (χ0) is 12.1. The summed E-state index contributed by atoms with van der Waals surface area (Å²) in [5, 5.41) is 17.5. The smallest absolute Gasteiger partial charge is 0.152 e. The molecule has 0 amide bonds. The molecule has 2 rings (SSSR count). The molecule has 0 aliphatic carbocycles. The van der Waals surface area contributed by atoms with Crippen LogP contribution in [0.25, 0.3) is 11.1 Å². The van der Waals surface area contributed by atoms with Crippen LogP contribution in [0.15, 0.2) is 48.5 Å². The lowest BCUT2D eigenvalue weighted by Crippen LogP contribution is -1.78. The minimum absolute atomic E-state index is 0.255. The lowest BCUT2D eigenvalue weighted by Gasteiger charge is -2.01.